The molecule has 1 aromatic heterocycles. The average Bonchev–Trinajstić information content (AvgIpc) is 2.47. The molecule has 0 aliphatic rings. The monoisotopic (exact) mass is 188 g/mol. The Morgan fingerprint density at radius 1 is 1.29 bits per heavy atom. The molecule has 0 spiro atoms. The van der Waals surface area contributed by atoms with Crippen molar-refractivity contribution >= 4 is 11.5 Å². The number of rotatable bonds is 1. The zero-order valence-corrected chi connectivity index (χ0v) is 7.91. The summed E-state index contributed by atoms with van der Waals surface area (Å²) in [5.74, 6) is 1.29. The molecule has 1 heterocycles. The molecule has 4 heteroatoms. The Morgan fingerprint density at radius 3 is 2.64 bits per heavy atom. The number of imidazole rings is 1. The van der Waals surface area contributed by atoms with E-state index in [4.69, 9.17) is 11.5 Å². The third kappa shape index (κ3) is 1.42. The maximum absolute atomic E-state index is 5.67. The van der Waals surface area contributed by atoms with Crippen molar-refractivity contribution in [2.75, 3.05) is 11.5 Å². The van der Waals surface area contributed by atoms with E-state index in [1.54, 1.807) is 0 Å². The molecule has 4 nitrogen and oxygen atoms in total. The number of anilines is 2. The van der Waals surface area contributed by atoms with E-state index in [9.17, 15) is 0 Å². The van der Waals surface area contributed by atoms with Gasteiger partial charge in [0.2, 0.25) is 0 Å². The van der Waals surface area contributed by atoms with Gasteiger partial charge < -0.3 is 16.5 Å². The van der Waals surface area contributed by atoms with E-state index >= 15 is 0 Å². The normalized spacial score (nSPS) is 10.4. The molecule has 0 aliphatic heterocycles. The minimum absolute atomic E-state index is 0.530. The van der Waals surface area contributed by atoms with Crippen molar-refractivity contribution in [3.05, 3.63) is 30.0 Å². The second-order valence-corrected chi connectivity index (χ2v) is 3.22. The topological polar surface area (TPSA) is 80.7 Å². The van der Waals surface area contributed by atoms with Crippen LogP contribution in [0.3, 0.4) is 0 Å². The van der Waals surface area contributed by atoms with Crippen LogP contribution >= 0.6 is 0 Å². The number of hydrogen-bond donors (Lipinski definition) is 3. The van der Waals surface area contributed by atoms with Crippen LogP contribution in [0.25, 0.3) is 11.4 Å². The Balaban J connectivity index is 2.49. The minimum Gasteiger partial charge on any atom is -0.399 e. The van der Waals surface area contributed by atoms with Gasteiger partial charge in [0.1, 0.15) is 11.6 Å². The largest absolute Gasteiger partial charge is 0.399 e. The second kappa shape index (κ2) is 3.06. The van der Waals surface area contributed by atoms with Crippen LogP contribution in [0, 0.1) is 6.92 Å². The molecule has 0 saturated carbocycles. The van der Waals surface area contributed by atoms with Crippen molar-refractivity contribution in [1.82, 2.24) is 9.97 Å². The van der Waals surface area contributed by atoms with Gasteiger partial charge in [0.15, 0.2) is 0 Å². The quantitative estimate of drug-likeness (QED) is 0.594. The molecule has 2 aromatic rings. The van der Waals surface area contributed by atoms with Crippen LogP contribution in [0.4, 0.5) is 11.5 Å². The highest BCUT2D eigenvalue weighted by Gasteiger charge is 2.05. The summed E-state index contributed by atoms with van der Waals surface area (Å²) in [5, 5.41) is 0. The molecule has 0 radical (unpaired) electrons. The molecule has 0 amide bonds. The van der Waals surface area contributed by atoms with E-state index in [-0.39, 0.29) is 0 Å². The Bertz CT molecular complexity index is 439. The first-order valence-corrected chi connectivity index (χ1v) is 4.35. The highest BCUT2D eigenvalue weighted by molar-refractivity contribution is 5.63. The number of nitrogens with zero attached hydrogens (tertiary/aromatic N) is 1. The van der Waals surface area contributed by atoms with Crippen LogP contribution in [0.5, 0.6) is 0 Å². The smallest absolute Gasteiger partial charge is 0.145 e. The first-order valence-electron chi connectivity index (χ1n) is 4.35. The maximum Gasteiger partial charge on any atom is 0.145 e. The minimum atomic E-state index is 0.530. The fourth-order valence-corrected chi connectivity index (χ4v) is 1.30. The summed E-state index contributed by atoms with van der Waals surface area (Å²) in [6.07, 6.45) is 0. The lowest BCUT2D eigenvalue weighted by Crippen LogP contribution is -1.87. The number of nitrogens with one attached hydrogen (secondary N) is 1. The van der Waals surface area contributed by atoms with Crippen molar-refractivity contribution in [2.24, 2.45) is 0 Å². The lowest BCUT2D eigenvalue weighted by atomic mass is 10.2. The SMILES string of the molecule is Cc1[nH]c(-c2cccc(N)c2)nc1N. The lowest BCUT2D eigenvalue weighted by Gasteiger charge is -1.97. The number of aryl methyl sites for hydroxylation is 1. The van der Waals surface area contributed by atoms with Gasteiger partial charge in [0, 0.05) is 11.3 Å². The standard InChI is InChI=1S/C10H12N4/c1-6-9(12)14-10(13-6)7-3-2-4-8(11)5-7/h2-5H,11-12H2,1H3,(H,13,14). The average molecular weight is 188 g/mol. The summed E-state index contributed by atoms with van der Waals surface area (Å²) in [6, 6.07) is 7.52. The fourth-order valence-electron chi connectivity index (χ4n) is 1.30. The van der Waals surface area contributed by atoms with E-state index < -0.39 is 0 Å². The van der Waals surface area contributed by atoms with Crippen LogP contribution in [-0.2, 0) is 0 Å². The zero-order valence-electron chi connectivity index (χ0n) is 7.91. The van der Waals surface area contributed by atoms with E-state index in [1.807, 2.05) is 31.2 Å². The maximum atomic E-state index is 5.67. The van der Waals surface area contributed by atoms with Crippen molar-refractivity contribution in [3.63, 3.8) is 0 Å². The van der Waals surface area contributed by atoms with Gasteiger partial charge in [0.25, 0.3) is 0 Å². The zero-order chi connectivity index (χ0) is 10.1. The molecule has 0 aliphatic carbocycles. The van der Waals surface area contributed by atoms with E-state index in [2.05, 4.69) is 9.97 Å². The number of H-pyrrole nitrogens is 1. The molecule has 0 bridgehead atoms. The molecule has 1 aromatic carbocycles. The summed E-state index contributed by atoms with van der Waals surface area (Å²) in [4.78, 5) is 7.28. The number of aromatic nitrogens is 2. The third-order valence-corrected chi connectivity index (χ3v) is 2.08. The van der Waals surface area contributed by atoms with E-state index in [0.29, 0.717) is 5.82 Å². The van der Waals surface area contributed by atoms with Crippen LogP contribution in [0.15, 0.2) is 24.3 Å². The first kappa shape index (κ1) is 8.62. The van der Waals surface area contributed by atoms with Gasteiger partial charge in [-0.1, -0.05) is 12.1 Å². The van der Waals surface area contributed by atoms with Gasteiger partial charge >= 0.3 is 0 Å². The van der Waals surface area contributed by atoms with Crippen LogP contribution < -0.4 is 11.5 Å². The molecule has 2 rings (SSSR count). The van der Waals surface area contributed by atoms with Crippen molar-refractivity contribution in [3.8, 4) is 11.4 Å². The number of nitrogens with two attached hydrogens (primary N) is 2. The Kier molecular flexibility index (Phi) is 1.89. The first-order chi connectivity index (χ1) is 6.66. The molecule has 5 N–H and O–H groups in total. The molecule has 0 fully saturated rings. The summed E-state index contributed by atoms with van der Waals surface area (Å²) < 4.78 is 0. The van der Waals surface area contributed by atoms with Gasteiger partial charge in [-0.2, -0.15) is 0 Å². The van der Waals surface area contributed by atoms with Crippen LogP contribution in [0.2, 0.25) is 0 Å². The molecular weight excluding hydrogens is 176 g/mol. The molecule has 14 heavy (non-hydrogen) atoms. The van der Waals surface area contributed by atoms with Gasteiger partial charge in [0.05, 0.1) is 5.69 Å². The van der Waals surface area contributed by atoms with Crippen molar-refractivity contribution in [2.45, 2.75) is 6.92 Å². The molecular formula is C10H12N4. The fraction of sp³-hybridized carbons (Fsp3) is 0.100. The number of aromatic amines is 1. The summed E-state index contributed by atoms with van der Waals surface area (Å²) in [7, 11) is 0. The Hall–Kier alpha value is -1.97. The van der Waals surface area contributed by atoms with Crippen molar-refractivity contribution < 1.29 is 0 Å². The van der Waals surface area contributed by atoms with Crippen LogP contribution in [-0.4, -0.2) is 9.97 Å². The predicted octanol–water partition coefficient (Wildman–Crippen LogP) is 1.55. The molecule has 0 saturated heterocycles. The number of hydrogen-bond acceptors (Lipinski definition) is 3. The van der Waals surface area contributed by atoms with Gasteiger partial charge in [-0.25, -0.2) is 4.98 Å². The summed E-state index contributed by atoms with van der Waals surface area (Å²) in [6.45, 7) is 1.89. The predicted molar refractivity (Wildman–Crippen MR) is 57.6 cm³/mol. The molecule has 72 valence electrons. The number of nitrogen functional groups attached to an aromatic ring is 2. The second-order valence-electron chi connectivity index (χ2n) is 3.22. The highest BCUT2D eigenvalue weighted by Crippen LogP contribution is 2.20. The van der Waals surface area contributed by atoms with Crippen LogP contribution in [0.1, 0.15) is 5.69 Å². The van der Waals surface area contributed by atoms with E-state index in [0.717, 1.165) is 22.8 Å². The lowest BCUT2D eigenvalue weighted by molar-refractivity contribution is 1.26. The summed E-state index contributed by atoms with van der Waals surface area (Å²) >= 11 is 0. The van der Waals surface area contributed by atoms with Gasteiger partial charge in [-0.15, -0.1) is 0 Å². The number of benzene rings is 1. The highest BCUT2D eigenvalue weighted by atomic mass is 15.0. The van der Waals surface area contributed by atoms with E-state index in [1.165, 1.54) is 0 Å². The third-order valence-electron chi connectivity index (χ3n) is 2.08. The Morgan fingerprint density at radius 2 is 2.07 bits per heavy atom. The Labute approximate surface area is 82.0 Å². The summed E-state index contributed by atoms with van der Waals surface area (Å²) in [5.41, 5.74) is 13.9. The molecule has 0 atom stereocenters. The van der Waals surface area contributed by atoms with Crippen molar-refractivity contribution in [1.29, 1.82) is 0 Å². The van der Waals surface area contributed by atoms with Gasteiger partial charge in [-0.05, 0) is 19.1 Å². The molecule has 0 unspecified atom stereocenters. The van der Waals surface area contributed by atoms with Gasteiger partial charge in [-0.3, -0.25) is 0 Å².